The van der Waals surface area contributed by atoms with Gasteiger partial charge in [-0.25, -0.2) is 4.98 Å². The van der Waals surface area contributed by atoms with E-state index in [1.165, 1.54) is 16.1 Å². The molecule has 0 radical (unpaired) electrons. The summed E-state index contributed by atoms with van der Waals surface area (Å²) in [6.45, 7) is 4.21. The summed E-state index contributed by atoms with van der Waals surface area (Å²) in [6, 6.07) is 8.22. The Bertz CT molecular complexity index is 546. The summed E-state index contributed by atoms with van der Waals surface area (Å²) in [5.41, 5.74) is 8.47. The number of ether oxygens (including phenoxy) is 1. The Kier molecular flexibility index (Phi) is 5.15. The van der Waals surface area contributed by atoms with Gasteiger partial charge < -0.3 is 10.5 Å². The highest BCUT2D eigenvalue weighted by molar-refractivity contribution is 7.11. The fraction of sp³-hybridized carbons (Fsp3) is 0.438. The SMILES string of the molecule is CCCc1nc(Cc2ccc(OC)cc2)sc1C(C)N. The molecule has 1 aromatic heterocycles. The van der Waals surface area contributed by atoms with Gasteiger partial charge in [0.15, 0.2) is 0 Å². The summed E-state index contributed by atoms with van der Waals surface area (Å²) in [6.07, 6.45) is 2.97. The first-order chi connectivity index (χ1) is 9.63. The van der Waals surface area contributed by atoms with E-state index in [9.17, 15) is 0 Å². The van der Waals surface area contributed by atoms with E-state index in [1.807, 2.05) is 19.1 Å². The average molecular weight is 290 g/mol. The monoisotopic (exact) mass is 290 g/mol. The smallest absolute Gasteiger partial charge is 0.118 e. The van der Waals surface area contributed by atoms with E-state index < -0.39 is 0 Å². The second-order valence-electron chi connectivity index (χ2n) is 4.98. The molecule has 0 aliphatic rings. The van der Waals surface area contributed by atoms with E-state index in [1.54, 1.807) is 18.4 Å². The number of aromatic nitrogens is 1. The lowest BCUT2D eigenvalue weighted by Crippen LogP contribution is -2.05. The Morgan fingerprint density at radius 2 is 2.00 bits per heavy atom. The molecule has 2 rings (SSSR count). The van der Waals surface area contributed by atoms with Crippen LogP contribution in [0.5, 0.6) is 5.75 Å². The molecule has 2 aromatic rings. The van der Waals surface area contributed by atoms with Crippen LogP contribution in [0.2, 0.25) is 0 Å². The van der Waals surface area contributed by atoms with E-state index in [2.05, 4.69) is 19.1 Å². The van der Waals surface area contributed by atoms with Gasteiger partial charge in [0, 0.05) is 17.3 Å². The van der Waals surface area contributed by atoms with Gasteiger partial charge in [-0.05, 0) is 31.0 Å². The Hall–Kier alpha value is -1.39. The maximum Gasteiger partial charge on any atom is 0.118 e. The quantitative estimate of drug-likeness (QED) is 0.882. The highest BCUT2D eigenvalue weighted by Crippen LogP contribution is 2.27. The van der Waals surface area contributed by atoms with Gasteiger partial charge >= 0.3 is 0 Å². The predicted octanol–water partition coefficient (Wildman–Crippen LogP) is 3.71. The fourth-order valence-electron chi connectivity index (χ4n) is 2.18. The van der Waals surface area contributed by atoms with Crippen LogP contribution in [0.3, 0.4) is 0 Å². The number of nitrogens with two attached hydrogens (primary N) is 1. The van der Waals surface area contributed by atoms with Crippen LogP contribution in [-0.2, 0) is 12.8 Å². The van der Waals surface area contributed by atoms with E-state index in [0.29, 0.717) is 0 Å². The van der Waals surface area contributed by atoms with Gasteiger partial charge in [0.1, 0.15) is 5.75 Å². The van der Waals surface area contributed by atoms with Crippen LogP contribution in [0.1, 0.15) is 47.5 Å². The number of benzene rings is 1. The summed E-state index contributed by atoms with van der Waals surface area (Å²) in [4.78, 5) is 6.00. The third-order valence-electron chi connectivity index (χ3n) is 3.19. The summed E-state index contributed by atoms with van der Waals surface area (Å²) < 4.78 is 5.18. The minimum atomic E-state index is 0.0682. The molecule has 1 unspecified atom stereocenters. The van der Waals surface area contributed by atoms with E-state index in [0.717, 1.165) is 30.0 Å². The van der Waals surface area contributed by atoms with Crippen LogP contribution >= 0.6 is 11.3 Å². The van der Waals surface area contributed by atoms with Crippen molar-refractivity contribution < 1.29 is 4.74 Å². The molecule has 0 bridgehead atoms. The molecule has 20 heavy (non-hydrogen) atoms. The number of hydrogen-bond donors (Lipinski definition) is 1. The van der Waals surface area contributed by atoms with Gasteiger partial charge in [0.25, 0.3) is 0 Å². The Labute approximate surface area is 124 Å². The number of nitrogens with zero attached hydrogens (tertiary/aromatic N) is 1. The van der Waals surface area contributed by atoms with Crippen molar-refractivity contribution in [1.82, 2.24) is 4.98 Å². The van der Waals surface area contributed by atoms with Gasteiger partial charge in [-0.1, -0.05) is 25.5 Å². The molecule has 1 atom stereocenters. The number of rotatable bonds is 6. The Morgan fingerprint density at radius 3 is 2.55 bits per heavy atom. The second kappa shape index (κ2) is 6.86. The lowest BCUT2D eigenvalue weighted by molar-refractivity contribution is 0.414. The van der Waals surface area contributed by atoms with E-state index in [4.69, 9.17) is 15.5 Å². The van der Waals surface area contributed by atoms with E-state index in [-0.39, 0.29) is 6.04 Å². The van der Waals surface area contributed by atoms with Crippen molar-refractivity contribution >= 4 is 11.3 Å². The largest absolute Gasteiger partial charge is 0.497 e. The highest BCUT2D eigenvalue weighted by atomic mass is 32.1. The molecule has 0 aliphatic heterocycles. The first-order valence-electron chi connectivity index (χ1n) is 7.01. The first kappa shape index (κ1) is 15.0. The Morgan fingerprint density at radius 1 is 1.30 bits per heavy atom. The topological polar surface area (TPSA) is 48.1 Å². The van der Waals surface area contributed by atoms with Gasteiger partial charge in [-0.3, -0.25) is 0 Å². The van der Waals surface area contributed by atoms with Crippen LogP contribution in [0.4, 0.5) is 0 Å². The molecule has 4 heteroatoms. The third kappa shape index (κ3) is 3.58. The molecule has 108 valence electrons. The molecule has 0 amide bonds. The van der Waals surface area contributed by atoms with Crippen LogP contribution in [0.15, 0.2) is 24.3 Å². The predicted molar refractivity (Wildman–Crippen MR) is 84.5 cm³/mol. The van der Waals surface area contributed by atoms with Crippen molar-refractivity contribution in [3.05, 3.63) is 45.4 Å². The summed E-state index contributed by atoms with van der Waals surface area (Å²) in [7, 11) is 1.68. The number of aryl methyl sites for hydroxylation is 1. The normalized spacial score (nSPS) is 12.4. The lowest BCUT2D eigenvalue weighted by atomic mass is 10.1. The Balaban J connectivity index is 2.17. The summed E-state index contributed by atoms with van der Waals surface area (Å²) in [5, 5.41) is 1.14. The third-order valence-corrected chi connectivity index (χ3v) is 4.49. The zero-order valence-corrected chi connectivity index (χ0v) is 13.2. The van der Waals surface area contributed by atoms with Crippen LogP contribution < -0.4 is 10.5 Å². The lowest BCUT2D eigenvalue weighted by Gasteiger charge is -2.03. The van der Waals surface area contributed by atoms with Gasteiger partial charge in [0.05, 0.1) is 17.8 Å². The number of hydrogen-bond acceptors (Lipinski definition) is 4. The molecule has 0 fully saturated rings. The maximum atomic E-state index is 6.04. The second-order valence-corrected chi connectivity index (χ2v) is 6.10. The van der Waals surface area contributed by atoms with Crippen molar-refractivity contribution in [2.75, 3.05) is 7.11 Å². The van der Waals surface area contributed by atoms with Crippen molar-refractivity contribution in [3.63, 3.8) is 0 Å². The molecule has 0 aliphatic carbocycles. The van der Waals surface area contributed by atoms with E-state index >= 15 is 0 Å². The molecule has 0 saturated carbocycles. The molecule has 0 spiro atoms. The molecule has 1 aromatic carbocycles. The van der Waals surface area contributed by atoms with Crippen molar-refractivity contribution in [2.45, 2.75) is 39.2 Å². The van der Waals surface area contributed by atoms with Crippen LogP contribution in [-0.4, -0.2) is 12.1 Å². The van der Waals surface area contributed by atoms with Crippen LogP contribution in [0, 0.1) is 0 Å². The fourth-order valence-corrected chi connectivity index (χ4v) is 3.28. The van der Waals surface area contributed by atoms with Gasteiger partial charge in [-0.2, -0.15) is 0 Å². The highest BCUT2D eigenvalue weighted by Gasteiger charge is 2.14. The minimum absolute atomic E-state index is 0.0682. The maximum absolute atomic E-state index is 6.04. The number of thiazole rings is 1. The molecular formula is C16H22N2OS. The van der Waals surface area contributed by atoms with Crippen molar-refractivity contribution in [1.29, 1.82) is 0 Å². The zero-order valence-electron chi connectivity index (χ0n) is 12.3. The standard InChI is InChI=1S/C16H22N2OS/c1-4-5-14-16(11(2)17)20-15(18-14)10-12-6-8-13(19-3)9-7-12/h6-9,11H,4-5,10,17H2,1-3H3. The van der Waals surface area contributed by atoms with Crippen LogP contribution in [0.25, 0.3) is 0 Å². The first-order valence-corrected chi connectivity index (χ1v) is 7.82. The van der Waals surface area contributed by atoms with Gasteiger partial charge in [0.2, 0.25) is 0 Å². The molecule has 0 saturated heterocycles. The summed E-state index contributed by atoms with van der Waals surface area (Å²) in [5.74, 6) is 0.885. The molecule has 3 nitrogen and oxygen atoms in total. The number of methoxy groups -OCH3 is 1. The van der Waals surface area contributed by atoms with Gasteiger partial charge in [-0.15, -0.1) is 11.3 Å². The average Bonchev–Trinajstić information content (AvgIpc) is 2.83. The van der Waals surface area contributed by atoms with Crippen molar-refractivity contribution in [3.8, 4) is 5.75 Å². The molecule has 2 N–H and O–H groups in total. The molecule has 1 heterocycles. The molecular weight excluding hydrogens is 268 g/mol. The zero-order chi connectivity index (χ0) is 14.5. The minimum Gasteiger partial charge on any atom is -0.497 e. The summed E-state index contributed by atoms with van der Waals surface area (Å²) >= 11 is 1.74. The van der Waals surface area contributed by atoms with Crippen molar-refractivity contribution in [2.24, 2.45) is 5.73 Å².